The lowest BCUT2D eigenvalue weighted by atomic mass is 9.83. The molecule has 2 rings (SSSR count). The van der Waals surface area contributed by atoms with E-state index >= 15 is 0 Å². The van der Waals surface area contributed by atoms with E-state index in [1.807, 2.05) is 0 Å². The lowest BCUT2D eigenvalue weighted by Crippen LogP contribution is -2.54. The molecule has 1 aliphatic carbocycles. The van der Waals surface area contributed by atoms with Gasteiger partial charge in [0, 0.05) is 20.0 Å². The van der Waals surface area contributed by atoms with Gasteiger partial charge in [-0.05, 0) is 24.8 Å². The van der Waals surface area contributed by atoms with Crippen LogP contribution in [0.15, 0.2) is 30.3 Å². The van der Waals surface area contributed by atoms with Crippen molar-refractivity contribution >= 4 is 32.3 Å². The molecule has 0 radical (unpaired) electrons. The molecule has 0 bridgehead atoms. The van der Waals surface area contributed by atoms with Crippen LogP contribution in [0.25, 0.3) is 0 Å². The first-order chi connectivity index (χ1) is 14.4. The van der Waals surface area contributed by atoms with Crippen molar-refractivity contribution in [1.29, 1.82) is 0 Å². The van der Waals surface area contributed by atoms with Gasteiger partial charge in [-0.3, -0.25) is 8.98 Å². The van der Waals surface area contributed by atoms with E-state index in [9.17, 15) is 26.4 Å². The Morgan fingerprint density at radius 1 is 1.10 bits per heavy atom. The van der Waals surface area contributed by atoms with Crippen molar-refractivity contribution in [1.82, 2.24) is 14.3 Å². The van der Waals surface area contributed by atoms with Crippen molar-refractivity contribution in [2.45, 2.75) is 38.0 Å². The first-order valence-electron chi connectivity index (χ1n) is 9.46. The zero-order chi connectivity index (χ0) is 23.2. The SMILES string of the molecule is CN(C)C(=O)C1CCC(OS(C)(=O)=O)C(NS(=O)(=O)NC(=O)OCc2ccccc2)C1. The molecule has 2 N–H and O–H groups in total. The first-order valence-corrected chi connectivity index (χ1v) is 12.8. The van der Waals surface area contributed by atoms with Crippen LogP contribution in [0.2, 0.25) is 0 Å². The summed E-state index contributed by atoms with van der Waals surface area (Å²) in [6, 6.07) is 7.63. The van der Waals surface area contributed by atoms with Crippen LogP contribution < -0.4 is 9.44 Å². The molecule has 11 nitrogen and oxygen atoms in total. The standard InChI is InChI=1S/C18H27N3O8S2/c1-21(2)17(22)14-9-10-16(29-30(3,24)25)15(11-14)19-31(26,27)20-18(23)28-12-13-7-5-4-6-8-13/h4-8,14-16,19H,9-12H2,1-3H3,(H,20,23). The molecule has 13 heteroatoms. The molecule has 31 heavy (non-hydrogen) atoms. The minimum atomic E-state index is -4.42. The van der Waals surface area contributed by atoms with Gasteiger partial charge in [0.2, 0.25) is 5.91 Å². The third kappa shape index (κ3) is 8.44. The molecule has 174 valence electrons. The Balaban J connectivity index is 2.05. The van der Waals surface area contributed by atoms with Gasteiger partial charge >= 0.3 is 16.3 Å². The van der Waals surface area contributed by atoms with Crippen LogP contribution in [0, 0.1) is 5.92 Å². The summed E-state index contributed by atoms with van der Waals surface area (Å²) in [4.78, 5) is 25.6. The molecule has 1 saturated carbocycles. The smallest absolute Gasteiger partial charge is 0.422 e. The van der Waals surface area contributed by atoms with Gasteiger partial charge in [-0.25, -0.2) is 9.52 Å². The van der Waals surface area contributed by atoms with Crippen molar-refractivity contribution in [2.24, 2.45) is 5.92 Å². The average molecular weight is 478 g/mol. The van der Waals surface area contributed by atoms with Gasteiger partial charge in [-0.2, -0.15) is 21.6 Å². The Labute approximate surface area is 182 Å². The maximum absolute atomic E-state index is 12.4. The number of carbonyl (C=O) groups is 2. The number of benzene rings is 1. The summed E-state index contributed by atoms with van der Waals surface area (Å²) < 4.78 is 61.8. The number of ether oxygens (including phenoxy) is 1. The van der Waals surface area contributed by atoms with E-state index in [0.29, 0.717) is 12.0 Å². The van der Waals surface area contributed by atoms with Gasteiger partial charge in [-0.1, -0.05) is 30.3 Å². The van der Waals surface area contributed by atoms with Gasteiger partial charge in [0.1, 0.15) is 6.61 Å². The topological polar surface area (TPSA) is 148 Å². The molecule has 1 fully saturated rings. The number of hydrogen-bond acceptors (Lipinski definition) is 8. The molecular formula is C18H27N3O8S2. The summed E-state index contributed by atoms with van der Waals surface area (Å²) in [5.41, 5.74) is 0.668. The van der Waals surface area contributed by atoms with E-state index in [0.717, 1.165) is 6.26 Å². The maximum atomic E-state index is 12.4. The van der Waals surface area contributed by atoms with Gasteiger partial charge in [0.25, 0.3) is 10.1 Å². The largest absolute Gasteiger partial charge is 0.444 e. The van der Waals surface area contributed by atoms with Crippen molar-refractivity contribution in [3.8, 4) is 0 Å². The molecule has 1 aromatic rings. The van der Waals surface area contributed by atoms with E-state index in [1.54, 1.807) is 49.1 Å². The van der Waals surface area contributed by atoms with Crippen molar-refractivity contribution in [3.05, 3.63) is 35.9 Å². The number of nitrogens with one attached hydrogen (secondary N) is 2. The highest BCUT2D eigenvalue weighted by molar-refractivity contribution is 7.88. The molecule has 1 aliphatic rings. The van der Waals surface area contributed by atoms with Crippen LogP contribution in [0.1, 0.15) is 24.8 Å². The molecular weight excluding hydrogens is 450 g/mol. The second kappa shape index (κ2) is 10.4. The van der Waals surface area contributed by atoms with Gasteiger partial charge in [0.05, 0.1) is 18.4 Å². The predicted molar refractivity (Wildman–Crippen MR) is 111 cm³/mol. The van der Waals surface area contributed by atoms with Crippen LogP contribution in [-0.4, -0.2) is 66.2 Å². The fourth-order valence-corrected chi connectivity index (χ4v) is 4.95. The number of amides is 2. The molecule has 0 heterocycles. The third-order valence-corrected chi connectivity index (χ3v) is 6.26. The van der Waals surface area contributed by atoms with E-state index in [4.69, 9.17) is 8.92 Å². The van der Waals surface area contributed by atoms with Gasteiger partial charge in [0.15, 0.2) is 0 Å². The number of carbonyl (C=O) groups excluding carboxylic acids is 2. The molecule has 3 atom stereocenters. The van der Waals surface area contributed by atoms with E-state index in [1.165, 1.54) is 4.90 Å². The van der Waals surface area contributed by atoms with Gasteiger partial charge in [-0.15, -0.1) is 0 Å². The third-order valence-electron chi connectivity index (χ3n) is 4.61. The van der Waals surface area contributed by atoms with Crippen LogP contribution in [0.5, 0.6) is 0 Å². The Morgan fingerprint density at radius 2 is 1.74 bits per heavy atom. The highest BCUT2D eigenvalue weighted by atomic mass is 32.2. The summed E-state index contributed by atoms with van der Waals surface area (Å²) in [6.45, 7) is -0.134. The summed E-state index contributed by atoms with van der Waals surface area (Å²) in [6.07, 6.45) is -0.872. The summed E-state index contributed by atoms with van der Waals surface area (Å²) in [5, 5.41) is 0. The highest BCUT2D eigenvalue weighted by Crippen LogP contribution is 2.29. The van der Waals surface area contributed by atoms with Crippen molar-refractivity contribution < 1.29 is 35.3 Å². The Kier molecular flexibility index (Phi) is 8.40. The van der Waals surface area contributed by atoms with Crippen LogP contribution in [0.4, 0.5) is 4.79 Å². The summed E-state index contributed by atoms with van der Waals surface area (Å²) >= 11 is 0. The molecule has 2 amide bonds. The van der Waals surface area contributed by atoms with Crippen LogP contribution in [0.3, 0.4) is 0 Å². The zero-order valence-corrected chi connectivity index (χ0v) is 19.1. The van der Waals surface area contributed by atoms with Crippen molar-refractivity contribution in [2.75, 3.05) is 20.4 Å². The van der Waals surface area contributed by atoms with Crippen molar-refractivity contribution in [3.63, 3.8) is 0 Å². The maximum Gasteiger partial charge on any atom is 0.422 e. The van der Waals surface area contributed by atoms with E-state index in [-0.39, 0.29) is 25.4 Å². The fourth-order valence-electron chi connectivity index (χ4n) is 3.29. The lowest BCUT2D eigenvalue weighted by molar-refractivity contribution is -0.134. The average Bonchev–Trinajstić information content (AvgIpc) is 2.66. The summed E-state index contributed by atoms with van der Waals surface area (Å²) in [5.74, 6) is -0.732. The molecule has 0 spiro atoms. The molecule has 1 aromatic carbocycles. The van der Waals surface area contributed by atoms with Gasteiger partial charge < -0.3 is 9.64 Å². The molecule has 0 saturated heterocycles. The van der Waals surface area contributed by atoms with E-state index in [2.05, 4.69) is 4.72 Å². The minimum Gasteiger partial charge on any atom is -0.444 e. The Hall–Kier alpha value is -2.22. The normalized spacial score (nSPS) is 21.8. The second-order valence-corrected chi connectivity index (χ2v) is 10.5. The highest BCUT2D eigenvalue weighted by Gasteiger charge is 2.39. The Bertz CT molecular complexity index is 980. The number of nitrogens with zero attached hydrogens (tertiary/aromatic N) is 1. The fraction of sp³-hybridized carbons (Fsp3) is 0.556. The van der Waals surface area contributed by atoms with E-state index < -0.39 is 44.5 Å². The summed E-state index contributed by atoms with van der Waals surface area (Å²) in [7, 11) is -5.14. The molecule has 0 aliphatic heterocycles. The number of hydrogen-bond donors (Lipinski definition) is 2. The monoisotopic (exact) mass is 477 g/mol. The molecule has 0 aromatic heterocycles. The van der Waals surface area contributed by atoms with Crippen LogP contribution in [-0.2, 0) is 40.6 Å². The zero-order valence-electron chi connectivity index (χ0n) is 17.5. The minimum absolute atomic E-state index is 0.0111. The second-order valence-electron chi connectivity index (χ2n) is 7.47. The molecule has 3 unspecified atom stereocenters. The quantitative estimate of drug-likeness (QED) is 0.510. The van der Waals surface area contributed by atoms with Crippen LogP contribution >= 0.6 is 0 Å². The Morgan fingerprint density at radius 3 is 2.32 bits per heavy atom. The number of rotatable bonds is 8. The first kappa shape index (κ1) is 25.0. The predicted octanol–water partition coefficient (Wildman–Crippen LogP) is 0.349. The lowest BCUT2D eigenvalue weighted by Gasteiger charge is -2.35.